The smallest absolute Gasteiger partial charge is 0.225 e. The molecule has 0 aromatic heterocycles. The minimum absolute atomic E-state index is 0.0609. The van der Waals surface area contributed by atoms with Gasteiger partial charge in [-0.3, -0.25) is 4.79 Å². The number of nitrogens with one attached hydrogen (secondary N) is 1. The topological polar surface area (TPSA) is 75.3 Å². The second-order valence-electron chi connectivity index (χ2n) is 6.96. The summed E-state index contributed by atoms with van der Waals surface area (Å²) in [7, 11) is 6.27. The van der Waals surface area contributed by atoms with Gasteiger partial charge in [-0.05, 0) is 19.9 Å². The number of amides is 1. The number of benzene rings is 2. The number of rotatable bonds is 7. The van der Waals surface area contributed by atoms with Crippen molar-refractivity contribution >= 4 is 11.6 Å². The first-order chi connectivity index (χ1) is 13.9. The van der Waals surface area contributed by atoms with Crippen molar-refractivity contribution in [3.05, 3.63) is 35.4 Å². The molecule has 29 heavy (non-hydrogen) atoms. The van der Waals surface area contributed by atoms with Gasteiger partial charge in [-0.2, -0.15) is 0 Å². The van der Waals surface area contributed by atoms with Gasteiger partial charge in [0.25, 0.3) is 0 Å². The maximum atomic E-state index is 12.6. The highest BCUT2D eigenvalue weighted by Gasteiger charge is 2.35. The van der Waals surface area contributed by atoms with Crippen LogP contribution in [0.25, 0.3) is 0 Å². The first-order valence-electron chi connectivity index (χ1n) is 9.41. The average molecular weight is 401 g/mol. The van der Waals surface area contributed by atoms with E-state index in [1.54, 1.807) is 34.5 Å². The third kappa shape index (κ3) is 3.77. The van der Waals surface area contributed by atoms with E-state index in [4.69, 9.17) is 23.7 Å². The fraction of sp³-hybridized carbons (Fsp3) is 0.409. The fourth-order valence-corrected chi connectivity index (χ4v) is 3.71. The monoisotopic (exact) mass is 401 g/mol. The molecule has 0 spiro atoms. The second-order valence-corrected chi connectivity index (χ2v) is 6.96. The third-order valence-corrected chi connectivity index (χ3v) is 4.84. The van der Waals surface area contributed by atoms with E-state index in [-0.39, 0.29) is 24.3 Å². The molecule has 2 aromatic rings. The van der Waals surface area contributed by atoms with Gasteiger partial charge in [-0.1, -0.05) is 12.1 Å². The summed E-state index contributed by atoms with van der Waals surface area (Å²) < 4.78 is 28.3. The summed E-state index contributed by atoms with van der Waals surface area (Å²) >= 11 is 0. The Morgan fingerprint density at radius 2 is 1.62 bits per heavy atom. The van der Waals surface area contributed by atoms with E-state index in [0.29, 0.717) is 34.4 Å². The minimum Gasteiger partial charge on any atom is -0.493 e. The van der Waals surface area contributed by atoms with Crippen LogP contribution in [0.5, 0.6) is 28.7 Å². The Labute approximate surface area is 170 Å². The minimum atomic E-state index is -0.308. The summed E-state index contributed by atoms with van der Waals surface area (Å²) in [6.45, 7) is 3.90. The van der Waals surface area contributed by atoms with E-state index >= 15 is 0 Å². The number of anilines is 1. The largest absolute Gasteiger partial charge is 0.493 e. The maximum absolute atomic E-state index is 12.6. The summed E-state index contributed by atoms with van der Waals surface area (Å²) in [6, 6.07) is 7.44. The van der Waals surface area contributed by atoms with Crippen molar-refractivity contribution in [1.29, 1.82) is 0 Å². The predicted molar refractivity (Wildman–Crippen MR) is 110 cm³/mol. The van der Waals surface area contributed by atoms with Crippen molar-refractivity contribution in [3.8, 4) is 28.7 Å². The van der Waals surface area contributed by atoms with Crippen LogP contribution in [0.2, 0.25) is 0 Å². The molecule has 0 aliphatic carbocycles. The van der Waals surface area contributed by atoms with E-state index in [1.165, 1.54) is 0 Å². The molecule has 1 aliphatic rings. The Balaban J connectivity index is 2.28. The lowest BCUT2D eigenvalue weighted by atomic mass is 9.83. The van der Waals surface area contributed by atoms with Crippen molar-refractivity contribution in [3.63, 3.8) is 0 Å². The lowest BCUT2D eigenvalue weighted by Crippen LogP contribution is -2.25. The van der Waals surface area contributed by atoms with E-state index in [0.717, 1.165) is 11.1 Å². The zero-order valence-corrected chi connectivity index (χ0v) is 17.6. The SMILES string of the molecule is COc1cccc([C@@H]2CC(=O)Nc3cc(OC)c(OC)c(OC)c32)c1OC(C)C. The quantitative estimate of drug-likeness (QED) is 0.756. The molecule has 1 heterocycles. The Morgan fingerprint density at radius 1 is 0.931 bits per heavy atom. The summed E-state index contributed by atoms with van der Waals surface area (Å²) in [4.78, 5) is 12.6. The lowest BCUT2D eigenvalue weighted by Gasteiger charge is -2.31. The molecule has 0 radical (unpaired) electrons. The Hall–Kier alpha value is -3.09. The fourth-order valence-electron chi connectivity index (χ4n) is 3.71. The standard InChI is InChI=1S/C22H27NO6/c1-12(2)29-20-13(8-7-9-16(20)25-3)14-10-18(24)23-15-11-17(26-4)21(27-5)22(28-6)19(14)15/h7-9,11-12,14H,10H2,1-6H3,(H,23,24)/t14-/m0/s1. The number of methoxy groups -OCH3 is 4. The molecule has 156 valence electrons. The third-order valence-electron chi connectivity index (χ3n) is 4.84. The van der Waals surface area contributed by atoms with Gasteiger partial charge < -0.3 is 29.0 Å². The van der Waals surface area contributed by atoms with Gasteiger partial charge in [0.2, 0.25) is 11.7 Å². The van der Waals surface area contributed by atoms with Crippen molar-refractivity contribution < 1.29 is 28.5 Å². The number of fused-ring (bicyclic) bond motifs is 1. The molecule has 0 unspecified atom stereocenters. The highest BCUT2D eigenvalue weighted by Crippen LogP contribution is 2.53. The van der Waals surface area contributed by atoms with Crippen LogP contribution in [0.15, 0.2) is 24.3 Å². The molecule has 0 saturated heterocycles. The molecule has 7 heteroatoms. The lowest BCUT2D eigenvalue weighted by molar-refractivity contribution is -0.116. The van der Waals surface area contributed by atoms with E-state index in [2.05, 4.69) is 5.32 Å². The molecule has 1 atom stereocenters. The predicted octanol–water partition coefficient (Wildman–Crippen LogP) is 3.98. The molecule has 3 rings (SSSR count). The summed E-state index contributed by atoms with van der Waals surface area (Å²) in [5.74, 6) is 2.30. The first-order valence-corrected chi connectivity index (χ1v) is 9.41. The second kappa shape index (κ2) is 8.51. The van der Waals surface area contributed by atoms with Crippen LogP contribution >= 0.6 is 0 Å². The van der Waals surface area contributed by atoms with E-state index < -0.39 is 0 Å². The molecular weight excluding hydrogens is 374 g/mol. The van der Waals surface area contributed by atoms with Crippen LogP contribution in [0.1, 0.15) is 37.3 Å². The Kier molecular flexibility index (Phi) is 6.06. The van der Waals surface area contributed by atoms with Crippen LogP contribution < -0.4 is 29.0 Å². The zero-order chi connectivity index (χ0) is 21.1. The Morgan fingerprint density at radius 3 is 2.21 bits per heavy atom. The van der Waals surface area contributed by atoms with Crippen LogP contribution in [0, 0.1) is 0 Å². The molecule has 7 nitrogen and oxygen atoms in total. The highest BCUT2D eigenvalue weighted by atomic mass is 16.5. The van der Waals surface area contributed by atoms with Gasteiger partial charge in [0.05, 0.1) is 40.2 Å². The van der Waals surface area contributed by atoms with Gasteiger partial charge in [0.15, 0.2) is 23.0 Å². The Bertz CT molecular complexity index is 909. The number of para-hydroxylation sites is 1. The van der Waals surface area contributed by atoms with Crippen LogP contribution in [0.3, 0.4) is 0 Å². The van der Waals surface area contributed by atoms with E-state index in [9.17, 15) is 4.79 Å². The summed E-state index contributed by atoms with van der Waals surface area (Å²) in [5.41, 5.74) is 2.28. The first kappa shape index (κ1) is 20.6. The molecular formula is C22H27NO6. The van der Waals surface area contributed by atoms with E-state index in [1.807, 2.05) is 32.0 Å². The zero-order valence-electron chi connectivity index (χ0n) is 17.6. The van der Waals surface area contributed by atoms with Crippen LogP contribution in [-0.4, -0.2) is 40.5 Å². The van der Waals surface area contributed by atoms with Crippen molar-refractivity contribution in [2.24, 2.45) is 0 Å². The van der Waals surface area contributed by atoms with Gasteiger partial charge in [-0.15, -0.1) is 0 Å². The van der Waals surface area contributed by atoms with Crippen molar-refractivity contribution in [2.75, 3.05) is 33.8 Å². The molecule has 2 aromatic carbocycles. The number of ether oxygens (including phenoxy) is 5. The molecule has 0 saturated carbocycles. The van der Waals surface area contributed by atoms with Crippen molar-refractivity contribution in [2.45, 2.75) is 32.3 Å². The van der Waals surface area contributed by atoms with Gasteiger partial charge in [0, 0.05) is 29.5 Å². The highest BCUT2D eigenvalue weighted by molar-refractivity contribution is 5.97. The molecule has 0 bridgehead atoms. The van der Waals surface area contributed by atoms with Crippen LogP contribution in [-0.2, 0) is 4.79 Å². The molecule has 0 fully saturated rings. The number of carbonyl (C=O) groups excluding carboxylic acids is 1. The van der Waals surface area contributed by atoms with Gasteiger partial charge in [-0.25, -0.2) is 0 Å². The van der Waals surface area contributed by atoms with Gasteiger partial charge in [0.1, 0.15) is 0 Å². The summed E-state index contributed by atoms with van der Waals surface area (Å²) in [6.07, 6.45) is 0.176. The molecule has 1 amide bonds. The summed E-state index contributed by atoms with van der Waals surface area (Å²) in [5, 5.41) is 2.92. The maximum Gasteiger partial charge on any atom is 0.225 e. The number of carbonyl (C=O) groups is 1. The average Bonchev–Trinajstić information content (AvgIpc) is 2.71. The normalized spacial score (nSPS) is 15.4. The van der Waals surface area contributed by atoms with Crippen molar-refractivity contribution in [1.82, 2.24) is 0 Å². The number of hydrogen-bond donors (Lipinski definition) is 1. The van der Waals surface area contributed by atoms with Crippen LogP contribution in [0.4, 0.5) is 5.69 Å². The molecule has 1 N–H and O–H groups in total. The number of hydrogen-bond acceptors (Lipinski definition) is 6. The van der Waals surface area contributed by atoms with Gasteiger partial charge >= 0.3 is 0 Å². The molecule has 1 aliphatic heterocycles.